The lowest BCUT2D eigenvalue weighted by molar-refractivity contribution is -0.384. The number of benzene rings is 2. The molecular formula is C15H13N3O5S. The Bertz CT molecular complexity index is 888. The van der Waals surface area contributed by atoms with Gasteiger partial charge in [0, 0.05) is 25.3 Å². The number of amides is 1. The van der Waals surface area contributed by atoms with E-state index in [1.54, 1.807) is 12.1 Å². The normalized spacial score (nSPS) is 11.4. The van der Waals surface area contributed by atoms with Crippen LogP contribution in [-0.4, -0.2) is 25.5 Å². The third-order valence-corrected chi connectivity index (χ3v) is 4.34. The molecule has 0 unspecified atom stereocenters. The number of hydrogen-bond donors (Lipinski definition) is 1. The monoisotopic (exact) mass is 347 g/mol. The van der Waals surface area contributed by atoms with Gasteiger partial charge in [0.1, 0.15) is 0 Å². The molecule has 0 spiro atoms. The first-order valence-corrected chi connectivity index (χ1v) is 8.18. The summed E-state index contributed by atoms with van der Waals surface area (Å²) in [5.74, 6) is -0.671. The molecule has 0 saturated heterocycles. The maximum absolute atomic E-state index is 11.8. The van der Waals surface area contributed by atoms with Crippen LogP contribution in [0.1, 0.15) is 12.5 Å². The molecule has 0 radical (unpaired) electrons. The highest BCUT2D eigenvalue weighted by atomic mass is 32.2. The van der Waals surface area contributed by atoms with Crippen LogP contribution in [0.5, 0.6) is 0 Å². The van der Waals surface area contributed by atoms with Crippen molar-refractivity contribution in [2.75, 3.05) is 0 Å². The molecule has 2 aromatic carbocycles. The van der Waals surface area contributed by atoms with Crippen molar-refractivity contribution in [3.05, 3.63) is 64.2 Å². The van der Waals surface area contributed by atoms with Crippen molar-refractivity contribution in [2.24, 2.45) is 4.99 Å². The molecule has 2 rings (SSSR count). The molecule has 0 aliphatic rings. The van der Waals surface area contributed by atoms with Gasteiger partial charge in [-0.1, -0.05) is 0 Å². The lowest BCUT2D eigenvalue weighted by Crippen LogP contribution is -2.28. The Balaban J connectivity index is 2.14. The summed E-state index contributed by atoms with van der Waals surface area (Å²) in [7, 11) is -3.87. The average molecular weight is 347 g/mol. The van der Waals surface area contributed by atoms with E-state index in [0.717, 1.165) is 6.92 Å². The standard InChI is InChI=1S/C15H13N3O5S/c1-11(19)17-24(22,23)15-8-4-13(5-9-15)16-10-12-2-6-14(7-3-12)18(20)21/h2-10H,1H3,(H,17,19). The van der Waals surface area contributed by atoms with E-state index in [9.17, 15) is 23.3 Å². The molecule has 24 heavy (non-hydrogen) atoms. The summed E-state index contributed by atoms with van der Waals surface area (Å²) >= 11 is 0. The van der Waals surface area contributed by atoms with Crippen LogP contribution < -0.4 is 4.72 Å². The van der Waals surface area contributed by atoms with Crippen LogP contribution in [0.15, 0.2) is 58.4 Å². The number of sulfonamides is 1. The number of carbonyl (C=O) groups excluding carboxylic acids is 1. The zero-order chi connectivity index (χ0) is 17.7. The minimum atomic E-state index is -3.87. The molecule has 0 atom stereocenters. The smallest absolute Gasteiger partial charge is 0.269 e. The Kier molecular flexibility index (Phi) is 5.05. The van der Waals surface area contributed by atoms with E-state index in [1.807, 2.05) is 4.72 Å². The maximum atomic E-state index is 11.8. The Morgan fingerprint density at radius 1 is 1.12 bits per heavy atom. The summed E-state index contributed by atoms with van der Waals surface area (Å²) < 4.78 is 25.5. The Labute approximate surface area is 138 Å². The van der Waals surface area contributed by atoms with Gasteiger partial charge in [-0.05, 0) is 42.0 Å². The maximum Gasteiger partial charge on any atom is 0.269 e. The molecule has 0 heterocycles. The van der Waals surface area contributed by atoms with Gasteiger partial charge in [0.15, 0.2) is 0 Å². The number of nitro groups is 1. The summed E-state index contributed by atoms with van der Waals surface area (Å²) in [6, 6.07) is 11.5. The fourth-order valence-corrected chi connectivity index (χ4v) is 2.78. The molecule has 0 aliphatic carbocycles. The number of non-ortho nitro benzene ring substituents is 1. The van der Waals surface area contributed by atoms with Gasteiger partial charge < -0.3 is 0 Å². The van der Waals surface area contributed by atoms with E-state index in [1.165, 1.54) is 42.6 Å². The summed E-state index contributed by atoms with van der Waals surface area (Å²) in [6.45, 7) is 1.11. The zero-order valence-electron chi connectivity index (χ0n) is 12.5. The van der Waals surface area contributed by atoms with Crippen molar-refractivity contribution < 1.29 is 18.1 Å². The first-order chi connectivity index (χ1) is 11.3. The molecule has 124 valence electrons. The van der Waals surface area contributed by atoms with Gasteiger partial charge in [0.2, 0.25) is 5.91 Å². The van der Waals surface area contributed by atoms with Crippen LogP contribution in [0.4, 0.5) is 11.4 Å². The zero-order valence-corrected chi connectivity index (χ0v) is 13.4. The third-order valence-electron chi connectivity index (χ3n) is 2.89. The fourth-order valence-electron chi connectivity index (χ4n) is 1.79. The van der Waals surface area contributed by atoms with Gasteiger partial charge in [-0.2, -0.15) is 0 Å². The van der Waals surface area contributed by atoms with Gasteiger partial charge in [-0.15, -0.1) is 0 Å². The second kappa shape index (κ2) is 7.01. The van der Waals surface area contributed by atoms with Crippen molar-refractivity contribution in [1.82, 2.24) is 4.72 Å². The van der Waals surface area contributed by atoms with Crippen LogP contribution in [-0.2, 0) is 14.8 Å². The van der Waals surface area contributed by atoms with Gasteiger partial charge in [-0.3, -0.25) is 19.9 Å². The quantitative estimate of drug-likeness (QED) is 0.505. The summed E-state index contributed by atoms with van der Waals surface area (Å²) in [4.78, 5) is 25.1. The highest BCUT2D eigenvalue weighted by Crippen LogP contribution is 2.17. The SMILES string of the molecule is CC(=O)NS(=O)(=O)c1ccc(N=Cc2ccc([N+](=O)[O-])cc2)cc1. The lowest BCUT2D eigenvalue weighted by atomic mass is 10.2. The van der Waals surface area contributed by atoms with E-state index in [4.69, 9.17) is 0 Å². The van der Waals surface area contributed by atoms with E-state index in [0.29, 0.717) is 11.3 Å². The molecule has 1 N–H and O–H groups in total. The predicted molar refractivity (Wildman–Crippen MR) is 87.8 cm³/mol. The molecule has 0 saturated carbocycles. The Morgan fingerprint density at radius 2 is 1.71 bits per heavy atom. The van der Waals surface area contributed by atoms with Crippen molar-refractivity contribution in [3.8, 4) is 0 Å². The molecular weight excluding hydrogens is 334 g/mol. The summed E-state index contributed by atoms with van der Waals surface area (Å²) in [6.07, 6.45) is 1.50. The van der Waals surface area contributed by atoms with Gasteiger partial charge in [0.05, 0.1) is 15.5 Å². The second-order valence-electron chi connectivity index (χ2n) is 4.76. The first-order valence-electron chi connectivity index (χ1n) is 6.70. The van der Waals surface area contributed by atoms with E-state index in [-0.39, 0.29) is 10.6 Å². The number of nitrogens with zero attached hydrogens (tertiary/aromatic N) is 2. The molecule has 9 heteroatoms. The Morgan fingerprint density at radius 3 is 2.21 bits per heavy atom. The largest absolute Gasteiger partial charge is 0.274 e. The van der Waals surface area contributed by atoms with Crippen LogP contribution in [0.3, 0.4) is 0 Å². The molecule has 2 aromatic rings. The molecule has 1 amide bonds. The van der Waals surface area contributed by atoms with Gasteiger partial charge in [-0.25, -0.2) is 13.1 Å². The number of carbonyl (C=O) groups is 1. The van der Waals surface area contributed by atoms with Crippen molar-refractivity contribution in [1.29, 1.82) is 0 Å². The van der Waals surface area contributed by atoms with Crippen LogP contribution in [0, 0.1) is 10.1 Å². The minimum Gasteiger partial charge on any atom is -0.274 e. The highest BCUT2D eigenvalue weighted by Gasteiger charge is 2.14. The fraction of sp³-hybridized carbons (Fsp3) is 0.0667. The molecule has 0 fully saturated rings. The van der Waals surface area contributed by atoms with Gasteiger partial charge in [0.25, 0.3) is 15.7 Å². The summed E-state index contributed by atoms with van der Waals surface area (Å²) in [5.41, 5.74) is 1.14. The van der Waals surface area contributed by atoms with E-state index in [2.05, 4.69) is 4.99 Å². The van der Waals surface area contributed by atoms with Crippen LogP contribution in [0.2, 0.25) is 0 Å². The number of nitro benzene ring substituents is 1. The number of rotatable bonds is 5. The van der Waals surface area contributed by atoms with E-state index < -0.39 is 20.9 Å². The van der Waals surface area contributed by atoms with Crippen LogP contribution in [0.25, 0.3) is 0 Å². The molecule has 0 bridgehead atoms. The first kappa shape index (κ1) is 17.3. The van der Waals surface area contributed by atoms with Crippen molar-refractivity contribution in [2.45, 2.75) is 11.8 Å². The van der Waals surface area contributed by atoms with E-state index >= 15 is 0 Å². The minimum absolute atomic E-state index is 0.0142. The number of nitrogens with one attached hydrogen (secondary N) is 1. The van der Waals surface area contributed by atoms with Crippen LogP contribution >= 0.6 is 0 Å². The molecule has 8 nitrogen and oxygen atoms in total. The topological polar surface area (TPSA) is 119 Å². The third kappa shape index (κ3) is 4.46. The Hall–Kier alpha value is -3.07. The predicted octanol–water partition coefficient (Wildman–Crippen LogP) is 2.17. The lowest BCUT2D eigenvalue weighted by Gasteiger charge is -2.04. The second-order valence-corrected chi connectivity index (χ2v) is 6.44. The van der Waals surface area contributed by atoms with Gasteiger partial charge >= 0.3 is 0 Å². The van der Waals surface area contributed by atoms with Crippen molar-refractivity contribution in [3.63, 3.8) is 0 Å². The van der Waals surface area contributed by atoms with Crippen molar-refractivity contribution >= 4 is 33.5 Å². The molecule has 0 aliphatic heterocycles. The average Bonchev–Trinajstić information content (AvgIpc) is 2.52. The molecule has 0 aromatic heterocycles. The highest BCUT2D eigenvalue weighted by molar-refractivity contribution is 7.90. The number of hydrogen-bond acceptors (Lipinski definition) is 6. The number of aliphatic imine (C=N–C) groups is 1. The summed E-state index contributed by atoms with van der Waals surface area (Å²) in [5, 5.41) is 10.6.